The Bertz CT molecular complexity index is 252. The fourth-order valence-electron chi connectivity index (χ4n) is 3.14. The van der Waals surface area contributed by atoms with Crippen LogP contribution >= 0.6 is 12.2 Å². The molecule has 3 unspecified atom stereocenters. The molecular formula is C11H18BNS. The molecule has 14 heavy (non-hydrogen) atoms. The maximum absolute atomic E-state index is 6.37. The van der Waals surface area contributed by atoms with Crippen molar-refractivity contribution in [2.75, 3.05) is 7.05 Å². The van der Waals surface area contributed by atoms with Crippen LogP contribution in [0.2, 0.25) is 5.31 Å². The quantitative estimate of drug-likeness (QED) is 0.443. The lowest BCUT2D eigenvalue weighted by atomic mass is 9.52. The summed E-state index contributed by atoms with van der Waals surface area (Å²) in [6.45, 7) is 2.21. The molecule has 2 fully saturated rings. The van der Waals surface area contributed by atoms with E-state index in [2.05, 4.69) is 18.9 Å². The van der Waals surface area contributed by atoms with Crippen LogP contribution in [0, 0.1) is 5.92 Å². The SMILES string of the molecule is [B]C1(C)CCCC2C1CCC(=S)N2C. The van der Waals surface area contributed by atoms with Crippen molar-refractivity contribution in [2.24, 2.45) is 5.92 Å². The van der Waals surface area contributed by atoms with Crippen LogP contribution < -0.4 is 0 Å². The third-order valence-electron chi connectivity index (χ3n) is 4.09. The van der Waals surface area contributed by atoms with Gasteiger partial charge in [-0.25, -0.2) is 0 Å². The Hall–Kier alpha value is -0.0451. The minimum Gasteiger partial charge on any atom is -0.366 e. The van der Waals surface area contributed by atoms with Crippen LogP contribution in [-0.2, 0) is 0 Å². The van der Waals surface area contributed by atoms with Gasteiger partial charge in [-0.1, -0.05) is 37.3 Å². The molecule has 1 aliphatic carbocycles. The van der Waals surface area contributed by atoms with Crippen LogP contribution in [0.25, 0.3) is 0 Å². The standard InChI is InChI=1S/C11H18BNS/c1-11(12)7-3-4-9-8(11)5-6-10(14)13(9)2/h8-9H,3-7H2,1-2H3. The highest BCUT2D eigenvalue weighted by Gasteiger charge is 2.42. The highest BCUT2D eigenvalue weighted by Crippen LogP contribution is 2.49. The summed E-state index contributed by atoms with van der Waals surface area (Å²) in [5, 5.41) is 0.0349. The first kappa shape index (κ1) is 10.5. The summed E-state index contributed by atoms with van der Waals surface area (Å²) in [7, 11) is 8.51. The van der Waals surface area contributed by atoms with Crippen LogP contribution in [-0.4, -0.2) is 30.8 Å². The number of thiocarbonyl (C=S) groups is 1. The monoisotopic (exact) mass is 207 g/mol. The van der Waals surface area contributed by atoms with Crippen molar-refractivity contribution in [1.82, 2.24) is 4.90 Å². The molecule has 1 saturated heterocycles. The predicted molar refractivity (Wildman–Crippen MR) is 64.8 cm³/mol. The number of hydrogen-bond acceptors (Lipinski definition) is 1. The van der Waals surface area contributed by atoms with Crippen molar-refractivity contribution >= 4 is 25.1 Å². The lowest BCUT2D eigenvalue weighted by molar-refractivity contribution is 0.124. The first-order chi connectivity index (χ1) is 6.52. The highest BCUT2D eigenvalue weighted by molar-refractivity contribution is 7.80. The Kier molecular flexibility index (Phi) is 2.63. The predicted octanol–water partition coefficient (Wildman–Crippen LogP) is 2.56. The number of likely N-dealkylation sites (tertiary alicyclic amines) is 1. The zero-order valence-electron chi connectivity index (χ0n) is 9.12. The van der Waals surface area contributed by atoms with Gasteiger partial charge in [0.1, 0.15) is 0 Å². The van der Waals surface area contributed by atoms with Gasteiger partial charge in [-0.05, 0) is 25.2 Å². The summed E-state index contributed by atoms with van der Waals surface area (Å²) in [6, 6.07) is 0.611. The fraction of sp³-hybridized carbons (Fsp3) is 0.909. The van der Waals surface area contributed by atoms with Gasteiger partial charge >= 0.3 is 0 Å². The molecule has 0 aromatic rings. The van der Waals surface area contributed by atoms with Crippen molar-refractivity contribution in [3.63, 3.8) is 0 Å². The van der Waals surface area contributed by atoms with Crippen molar-refractivity contribution in [3.8, 4) is 0 Å². The molecule has 0 aromatic heterocycles. The van der Waals surface area contributed by atoms with Gasteiger partial charge in [-0.2, -0.15) is 0 Å². The molecule has 3 heteroatoms. The molecule has 0 aromatic carbocycles. The average Bonchev–Trinajstić information content (AvgIpc) is 2.11. The minimum absolute atomic E-state index is 0.0349. The van der Waals surface area contributed by atoms with E-state index in [1.54, 1.807) is 0 Å². The number of hydrogen-bond donors (Lipinski definition) is 0. The van der Waals surface area contributed by atoms with Gasteiger partial charge in [0.25, 0.3) is 0 Å². The van der Waals surface area contributed by atoms with Crippen LogP contribution in [0.15, 0.2) is 0 Å². The summed E-state index contributed by atoms with van der Waals surface area (Å²) >= 11 is 5.36. The van der Waals surface area contributed by atoms with Gasteiger partial charge in [-0.15, -0.1) is 0 Å². The number of piperidine rings is 1. The smallest absolute Gasteiger partial charge is 0.0779 e. The number of nitrogens with zero attached hydrogens (tertiary/aromatic N) is 1. The van der Waals surface area contributed by atoms with Gasteiger partial charge in [-0.3, -0.25) is 0 Å². The third kappa shape index (κ3) is 1.60. The van der Waals surface area contributed by atoms with E-state index >= 15 is 0 Å². The molecule has 2 aliphatic rings. The van der Waals surface area contributed by atoms with E-state index in [9.17, 15) is 0 Å². The van der Waals surface area contributed by atoms with E-state index < -0.39 is 0 Å². The molecule has 1 heterocycles. The van der Waals surface area contributed by atoms with E-state index in [0.29, 0.717) is 12.0 Å². The fourth-order valence-corrected chi connectivity index (χ4v) is 3.40. The summed E-state index contributed by atoms with van der Waals surface area (Å²) in [6.07, 6.45) is 5.95. The molecule has 2 radical (unpaired) electrons. The summed E-state index contributed by atoms with van der Waals surface area (Å²) in [4.78, 5) is 3.43. The highest BCUT2D eigenvalue weighted by atomic mass is 32.1. The number of rotatable bonds is 0. The zero-order chi connectivity index (χ0) is 10.3. The Labute approximate surface area is 93.6 Å². The zero-order valence-corrected chi connectivity index (χ0v) is 9.94. The second-order valence-electron chi connectivity index (χ2n) is 5.12. The molecule has 2 rings (SSSR count). The molecule has 76 valence electrons. The molecule has 0 amide bonds. The van der Waals surface area contributed by atoms with Crippen LogP contribution in [0.1, 0.15) is 39.0 Å². The second-order valence-corrected chi connectivity index (χ2v) is 5.59. The molecule has 3 atom stereocenters. The Morgan fingerprint density at radius 2 is 2.21 bits per heavy atom. The Balaban J connectivity index is 2.20. The van der Waals surface area contributed by atoms with Gasteiger partial charge in [0.05, 0.1) is 12.8 Å². The van der Waals surface area contributed by atoms with Crippen molar-refractivity contribution < 1.29 is 0 Å². The van der Waals surface area contributed by atoms with Crippen molar-refractivity contribution in [2.45, 2.75) is 50.4 Å². The van der Waals surface area contributed by atoms with E-state index in [-0.39, 0.29) is 5.31 Å². The molecule has 0 bridgehead atoms. The Morgan fingerprint density at radius 1 is 1.50 bits per heavy atom. The largest absolute Gasteiger partial charge is 0.366 e. The van der Waals surface area contributed by atoms with Gasteiger partial charge in [0.15, 0.2) is 0 Å². The average molecular weight is 207 g/mol. The normalized spacial score (nSPS) is 43.6. The maximum atomic E-state index is 6.37. The summed E-state index contributed by atoms with van der Waals surface area (Å²) in [5.41, 5.74) is 0. The van der Waals surface area contributed by atoms with Crippen LogP contribution in [0.4, 0.5) is 0 Å². The van der Waals surface area contributed by atoms with Crippen LogP contribution in [0.5, 0.6) is 0 Å². The molecule has 1 aliphatic heterocycles. The molecule has 0 spiro atoms. The maximum Gasteiger partial charge on any atom is 0.0779 e. The minimum atomic E-state index is 0.0349. The van der Waals surface area contributed by atoms with Gasteiger partial charge in [0, 0.05) is 13.1 Å². The summed E-state index contributed by atoms with van der Waals surface area (Å²) < 4.78 is 0. The Morgan fingerprint density at radius 3 is 2.93 bits per heavy atom. The van der Waals surface area contributed by atoms with Crippen LogP contribution in [0.3, 0.4) is 0 Å². The summed E-state index contributed by atoms with van der Waals surface area (Å²) in [5.74, 6) is 0.646. The first-order valence-corrected chi connectivity index (χ1v) is 5.98. The first-order valence-electron chi connectivity index (χ1n) is 5.57. The molecule has 0 N–H and O–H groups in total. The van der Waals surface area contributed by atoms with Gasteiger partial charge < -0.3 is 4.90 Å². The van der Waals surface area contributed by atoms with Gasteiger partial charge in [0.2, 0.25) is 0 Å². The third-order valence-corrected chi connectivity index (χ3v) is 4.58. The van der Waals surface area contributed by atoms with E-state index in [1.165, 1.54) is 25.7 Å². The van der Waals surface area contributed by atoms with E-state index in [4.69, 9.17) is 20.1 Å². The second kappa shape index (κ2) is 3.51. The van der Waals surface area contributed by atoms with E-state index in [1.807, 2.05) is 0 Å². The molecular weight excluding hydrogens is 189 g/mol. The van der Waals surface area contributed by atoms with E-state index in [0.717, 1.165) is 11.4 Å². The van der Waals surface area contributed by atoms with Crippen molar-refractivity contribution in [3.05, 3.63) is 0 Å². The molecule has 1 nitrogen and oxygen atoms in total. The lowest BCUT2D eigenvalue weighted by Gasteiger charge is -2.51. The lowest BCUT2D eigenvalue weighted by Crippen LogP contribution is -2.51. The van der Waals surface area contributed by atoms with Crippen molar-refractivity contribution in [1.29, 1.82) is 0 Å². The topological polar surface area (TPSA) is 3.24 Å². The number of fused-ring (bicyclic) bond motifs is 1. The molecule has 1 saturated carbocycles.